The molecule has 0 aliphatic rings. The molecule has 106 valence electrons. The van der Waals surface area contributed by atoms with Gasteiger partial charge in [-0.15, -0.1) is 11.6 Å². The predicted octanol–water partition coefficient (Wildman–Crippen LogP) is 4.80. The Morgan fingerprint density at radius 3 is 2.35 bits per heavy atom. The van der Waals surface area contributed by atoms with Gasteiger partial charge >= 0.3 is 0 Å². The van der Waals surface area contributed by atoms with Gasteiger partial charge in [-0.3, -0.25) is 0 Å². The molecule has 0 aliphatic heterocycles. The summed E-state index contributed by atoms with van der Waals surface area (Å²) in [7, 11) is 1.36. The predicted molar refractivity (Wildman–Crippen MR) is 76.4 cm³/mol. The topological polar surface area (TPSA) is 9.23 Å². The SMILES string of the molecule is COc1cc(F)c(C(Cl)Cc2cccc(C)c2)c(F)c1. The van der Waals surface area contributed by atoms with E-state index in [9.17, 15) is 8.78 Å². The van der Waals surface area contributed by atoms with Crippen molar-refractivity contribution in [1.29, 1.82) is 0 Å². The van der Waals surface area contributed by atoms with E-state index in [2.05, 4.69) is 0 Å². The van der Waals surface area contributed by atoms with E-state index in [1.54, 1.807) is 0 Å². The summed E-state index contributed by atoms with van der Waals surface area (Å²) >= 11 is 6.18. The van der Waals surface area contributed by atoms with Gasteiger partial charge < -0.3 is 4.74 Å². The quantitative estimate of drug-likeness (QED) is 0.736. The number of alkyl halides is 1. The summed E-state index contributed by atoms with van der Waals surface area (Å²) in [6.45, 7) is 1.96. The number of benzene rings is 2. The van der Waals surface area contributed by atoms with E-state index in [-0.39, 0.29) is 11.3 Å². The molecule has 0 aliphatic carbocycles. The first kappa shape index (κ1) is 14.8. The average Bonchev–Trinajstić information content (AvgIpc) is 2.37. The zero-order chi connectivity index (χ0) is 14.7. The van der Waals surface area contributed by atoms with E-state index in [1.165, 1.54) is 7.11 Å². The zero-order valence-corrected chi connectivity index (χ0v) is 12.0. The maximum atomic E-state index is 13.9. The Labute approximate surface area is 122 Å². The van der Waals surface area contributed by atoms with E-state index < -0.39 is 17.0 Å². The van der Waals surface area contributed by atoms with Gasteiger partial charge in [-0.05, 0) is 18.9 Å². The highest BCUT2D eigenvalue weighted by Crippen LogP contribution is 2.32. The summed E-state index contributed by atoms with van der Waals surface area (Å²) in [6.07, 6.45) is 0.364. The fraction of sp³-hybridized carbons (Fsp3) is 0.250. The van der Waals surface area contributed by atoms with Crippen LogP contribution in [0.3, 0.4) is 0 Å². The monoisotopic (exact) mass is 296 g/mol. The zero-order valence-electron chi connectivity index (χ0n) is 11.3. The first-order valence-electron chi connectivity index (χ1n) is 6.24. The molecule has 2 rings (SSSR count). The van der Waals surface area contributed by atoms with Gasteiger partial charge in [0, 0.05) is 17.7 Å². The molecule has 1 nitrogen and oxygen atoms in total. The van der Waals surface area contributed by atoms with Crippen LogP contribution in [0.2, 0.25) is 0 Å². The number of rotatable bonds is 4. The second-order valence-electron chi connectivity index (χ2n) is 4.67. The second kappa shape index (κ2) is 6.23. The molecule has 0 N–H and O–H groups in total. The summed E-state index contributed by atoms with van der Waals surface area (Å²) in [5.74, 6) is -1.23. The molecule has 2 aromatic rings. The Balaban J connectivity index is 2.27. The van der Waals surface area contributed by atoms with Gasteiger partial charge in [0.05, 0.1) is 12.5 Å². The fourth-order valence-corrected chi connectivity index (χ4v) is 2.51. The number of methoxy groups -OCH3 is 1. The normalized spacial score (nSPS) is 12.2. The van der Waals surface area contributed by atoms with Crippen LogP contribution < -0.4 is 4.74 Å². The molecule has 1 atom stereocenters. The van der Waals surface area contributed by atoms with E-state index in [4.69, 9.17) is 16.3 Å². The van der Waals surface area contributed by atoms with Crippen LogP contribution in [-0.4, -0.2) is 7.11 Å². The van der Waals surface area contributed by atoms with Crippen LogP contribution in [0.1, 0.15) is 22.1 Å². The summed E-state index contributed by atoms with van der Waals surface area (Å²) < 4.78 is 32.7. The molecule has 4 heteroatoms. The maximum absolute atomic E-state index is 13.9. The molecule has 0 fully saturated rings. The molecule has 20 heavy (non-hydrogen) atoms. The molecule has 1 unspecified atom stereocenters. The van der Waals surface area contributed by atoms with Crippen LogP contribution >= 0.6 is 11.6 Å². The minimum absolute atomic E-state index is 0.117. The Morgan fingerprint density at radius 1 is 1.15 bits per heavy atom. The van der Waals surface area contributed by atoms with Gasteiger partial charge in [0.25, 0.3) is 0 Å². The summed E-state index contributed by atoms with van der Waals surface area (Å²) in [4.78, 5) is 0. The van der Waals surface area contributed by atoms with Crippen molar-refractivity contribution in [3.05, 3.63) is 64.7 Å². The van der Waals surface area contributed by atoms with Crippen LogP contribution in [-0.2, 0) is 6.42 Å². The molecule has 0 bridgehead atoms. The van der Waals surface area contributed by atoms with Crippen molar-refractivity contribution in [2.45, 2.75) is 18.7 Å². The Kier molecular flexibility index (Phi) is 4.61. The van der Waals surface area contributed by atoms with Crippen molar-refractivity contribution in [1.82, 2.24) is 0 Å². The second-order valence-corrected chi connectivity index (χ2v) is 5.19. The number of aryl methyl sites for hydroxylation is 1. The Morgan fingerprint density at radius 2 is 1.80 bits per heavy atom. The van der Waals surface area contributed by atoms with E-state index >= 15 is 0 Å². The fourth-order valence-electron chi connectivity index (χ4n) is 2.13. The number of halogens is 3. The van der Waals surface area contributed by atoms with E-state index in [0.29, 0.717) is 6.42 Å². The smallest absolute Gasteiger partial charge is 0.134 e. The third kappa shape index (κ3) is 3.28. The molecular formula is C16H15ClF2O. The van der Waals surface area contributed by atoms with Crippen molar-refractivity contribution in [2.24, 2.45) is 0 Å². The molecule has 2 aromatic carbocycles. The van der Waals surface area contributed by atoms with Crippen LogP contribution in [0.25, 0.3) is 0 Å². The number of hydrogen-bond acceptors (Lipinski definition) is 1. The van der Waals surface area contributed by atoms with E-state index in [1.807, 2.05) is 31.2 Å². The van der Waals surface area contributed by atoms with Gasteiger partial charge in [0.15, 0.2) is 0 Å². The van der Waals surface area contributed by atoms with Gasteiger partial charge in [-0.25, -0.2) is 8.78 Å². The van der Waals surface area contributed by atoms with Crippen LogP contribution in [0.4, 0.5) is 8.78 Å². The van der Waals surface area contributed by atoms with Crippen molar-refractivity contribution in [3.8, 4) is 5.75 Å². The number of hydrogen-bond donors (Lipinski definition) is 0. The van der Waals surface area contributed by atoms with E-state index in [0.717, 1.165) is 23.3 Å². The highest BCUT2D eigenvalue weighted by Gasteiger charge is 2.20. The van der Waals surface area contributed by atoms with Crippen LogP contribution in [0.5, 0.6) is 5.75 Å². The molecule has 0 saturated carbocycles. The molecular weight excluding hydrogens is 282 g/mol. The first-order chi connectivity index (χ1) is 9.51. The molecule has 0 radical (unpaired) electrons. The van der Waals surface area contributed by atoms with Gasteiger partial charge in [0.2, 0.25) is 0 Å². The van der Waals surface area contributed by atoms with Crippen molar-refractivity contribution in [3.63, 3.8) is 0 Å². The van der Waals surface area contributed by atoms with Crippen molar-refractivity contribution >= 4 is 11.6 Å². The summed E-state index contributed by atoms with van der Waals surface area (Å²) in [6, 6.07) is 9.99. The largest absolute Gasteiger partial charge is 0.497 e. The highest BCUT2D eigenvalue weighted by atomic mass is 35.5. The standard InChI is InChI=1S/C16H15ClF2O/c1-10-4-3-5-11(6-10)7-13(17)16-14(18)8-12(20-2)9-15(16)19/h3-6,8-9,13H,7H2,1-2H3. The van der Waals surface area contributed by atoms with Gasteiger partial charge in [-0.1, -0.05) is 29.8 Å². The first-order valence-corrected chi connectivity index (χ1v) is 6.67. The lowest BCUT2D eigenvalue weighted by atomic mass is 10.0. The molecule has 0 saturated heterocycles. The highest BCUT2D eigenvalue weighted by molar-refractivity contribution is 6.21. The molecule has 0 spiro atoms. The average molecular weight is 297 g/mol. The van der Waals surface area contributed by atoms with Crippen LogP contribution in [0.15, 0.2) is 36.4 Å². The molecule has 0 heterocycles. The minimum Gasteiger partial charge on any atom is -0.497 e. The Hall–Kier alpha value is -1.61. The maximum Gasteiger partial charge on any atom is 0.134 e. The minimum atomic E-state index is -0.761. The summed E-state index contributed by atoms with van der Waals surface area (Å²) in [5.41, 5.74) is 1.91. The Bertz CT molecular complexity index is 590. The van der Waals surface area contributed by atoms with Gasteiger partial charge in [0.1, 0.15) is 17.4 Å². The van der Waals surface area contributed by atoms with Gasteiger partial charge in [-0.2, -0.15) is 0 Å². The van der Waals surface area contributed by atoms with Crippen molar-refractivity contribution < 1.29 is 13.5 Å². The van der Waals surface area contributed by atoms with Crippen molar-refractivity contribution in [2.75, 3.05) is 7.11 Å². The molecule has 0 amide bonds. The third-order valence-corrected chi connectivity index (χ3v) is 3.47. The third-order valence-electron chi connectivity index (χ3n) is 3.10. The number of ether oxygens (including phenoxy) is 1. The summed E-state index contributed by atoms with van der Waals surface area (Å²) in [5, 5.41) is -0.761. The molecule has 0 aromatic heterocycles. The van der Waals surface area contributed by atoms with Crippen LogP contribution in [0, 0.1) is 18.6 Å². The lowest BCUT2D eigenvalue weighted by molar-refractivity contribution is 0.405. The lowest BCUT2D eigenvalue weighted by Gasteiger charge is -2.13. The lowest BCUT2D eigenvalue weighted by Crippen LogP contribution is -2.03.